The fraction of sp³-hybridized carbons (Fsp3) is 1.00. The van der Waals surface area contributed by atoms with Crippen LogP contribution in [-0.4, -0.2) is 33.2 Å². The molecule has 1 N–H and O–H groups in total. The summed E-state index contributed by atoms with van der Waals surface area (Å²) in [6.45, 7) is 25.4. The second-order valence-electron chi connectivity index (χ2n) is 8.59. The zero-order chi connectivity index (χ0) is 17.0. The number of hydrogen-bond acceptors (Lipinski definition) is 2. The Morgan fingerprint density at radius 1 is 0.900 bits per heavy atom. The van der Waals surface area contributed by atoms with Crippen molar-refractivity contribution in [2.24, 2.45) is 0 Å². The maximum Gasteiger partial charge on any atom is 0.178 e. The molecule has 0 saturated heterocycles. The summed E-state index contributed by atoms with van der Waals surface area (Å²) < 4.78 is 6.63. The van der Waals surface area contributed by atoms with Crippen molar-refractivity contribution in [2.45, 2.75) is 89.6 Å². The van der Waals surface area contributed by atoms with Gasteiger partial charge in [0.1, 0.15) is 0 Å². The zero-order valence-electron chi connectivity index (χ0n) is 15.5. The lowest BCUT2D eigenvalue weighted by molar-refractivity contribution is 0.302. The first kappa shape index (κ1) is 23.1. The fourth-order valence-corrected chi connectivity index (χ4v) is 8.50. The van der Waals surface area contributed by atoms with E-state index in [-0.39, 0.29) is 11.4 Å². The third kappa shape index (κ3) is 8.32. The van der Waals surface area contributed by atoms with Crippen molar-refractivity contribution < 1.29 is 9.22 Å². The number of aliphatic hydroxyl groups is 1. The van der Waals surface area contributed by atoms with Gasteiger partial charge in [-0.05, 0) is 36.3 Å². The Morgan fingerprint density at radius 3 is 1.20 bits per heavy atom. The van der Waals surface area contributed by atoms with E-state index in [1.54, 1.807) is 0 Å². The summed E-state index contributed by atoms with van der Waals surface area (Å²) in [6, 6.07) is 0. The van der Waals surface area contributed by atoms with Crippen LogP contribution in [0.15, 0.2) is 0 Å². The Labute approximate surface area is 138 Å². The largest absolute Gasteiger partial charge is 0.455 e. The summed E-state index contributed by atoms with van der Waals surface area (Å²) in [4.78, 5) is 0.252. The highest BCUT2D eigenvalue weighted by molar-refractivity contribution is 9.09. The molecule has 0 aliphatic carbocycles. The van der Waals surface area contributed by atoms with Crippen LogP contribution in [0.25, 0.3) is 0 Å². The van der Waals surface area contributed by atoms with Crippen molar-refractivity contribution in [1.82, 2.24) is 0 Å². The lowest BCUT2D eigenvalue weighted by Gasteiger charge is -2.47. The van der Waals surface area contributed by atoms with E-state index in [4.69, 9.17) is 9.22 Å². The lowest BCUT2D eigenvalue weighted by atomic mass is 10.2. The van der Waals surface area contributed by atoms with Gasteiger partial charge in [-0.1, -0.05) is 64.4 Å². The van der Waals surface area contributed by atoms with Gasteiger partial charge in [0.15, 0.2) is 16.6 Å². The van der Waals surface area contributed by atoms with Gasteiger partial charge < -0.3 is 9.22 Å². The van der Waals surface area contributed by atoms with Gasteiger partial charge in [-0.25, -0.2) is 0 Å². The van der Waals surface area contributed by atoms with Crippen LogP contribution in [0.3, 0.4) is 0 Å². The Bertz CT molecular complexity index is 253. The van der Waals surface area contributed by atoms with Gasteiger partial charge in [0.05, 0.1) is 6.61 Å². The third-order valence-corrected chi connectivity index (χ3v) is 16.0. The minimum Gasteiger partial charge on any atom is -0.455 e. The molecule has 0 spiro atoms. The summed E-state index contributed by atoms with van der Waals surface area (Å²) in [5.74, 6) is 0. The Hall–Kier alpha value is 0.834. The van der Waals surface area contributed by atoms with Crippen LogP contribution in [0.4, 0.5) is 0 Å². The van der Waals surface area contributed by atoms with Gasteiger partial charge in [0.25, 0.3) is 0 Å². The molecule has 124 valence electrons. The number of hydrogen-bond donors (Lipinski definition) is 1. The molecular weight excluding hydrogens is 348 g/mol. The maximum atomic E-state index is 8.10. The van der Waals surface area contributed by atoms with Gasteiger partial charge in [-0.15, -0.1) is 0 Å². The van der Waals surface area contributed by atoms with Crippen LogP contribution in [0.1, 0.15) is 48.5 Å². The standard InChI is InChI=1S/C12H30OSi2.C3H7BrO/c1-11(2,3)14(7,8)13-15(9,10)12(4,5)6;1-3(4)2-5/h1-10H3;3,5H,2H2,1H3. The van der Waals surface area contributed by atoms with E-state index in [9.17, 15) is 0 Å². The van der Waals surface area contributed by atoms with Crippen molar-refractivity contribution in [2.75, 3.05) is 6.61 Å². The molecule has 0 fully saturated rings. The van der Waals surface area contributed by atoms with Crippen LogP contribution in [0.5, 0.6) is 0 Å². The number of rotatable bonds is 3. The van der Waals surface area contributed by atoms with Gasteiger partial charge in [0.2, 0.25) is 0 Å². The first-order valence-corrected chi connectivity index (χ1v) is 14.2. The third-order valence-electron chi connectivity index (χ3n) is 4.37. The van der Waals surface area contributed by atoms with E-state index in [1.807, 2.05) is 6.92 Å². The average molecular weight is 386 g/mol. The molecule has 1 unspecified atom stereocenters. The smallest absolute Gasteiger partial charge is 0.178 e. The molecule has 0 rings (SSSR count). The van der Waals surface area contributed by atoms with Gasteiger partial charge >= 0.3 is 0 Å². The van der Waals surface area contributed by atoms with E-state index in [0.29, 0.717) is 10.1 Å². The van der Waals surface area contributed by atoms with Crippen molar-refractivity contribution in [3.8, 4) is 0 Å². The van der Waals surface area contributed by atoms with Crippen LogP contribution >= 0.6 is 15.9 Å². The van der Waals surface area contributed by atoms with Crippen LogP contribution in [-0.2, 0) is 4.12 Å². The Kier molecular flexibility index (Phi) is 9.13. The van der Waals surface area contributed by atoms with E-state index in [2.05, 4.69) is 83.7 Å². The normalized spacial score (nSPS) is 15.4. The van der Waals surface area contributed by atoms with Crippen molar-refractivity contribution in [1.29, 1.82) is 0 Å². The molecule has 0 radical (unpaired) electrons. The highest BCUT2D eigenvalue weighted by atomic mass is 79.9. The lowest BCUT2D eigenvalue weighted by Crippen LogP contribution is -2.53. The highest BCUT2D eigenvalue weighted by Gasteiger charge is 2.46. The van der Waals surface area contributed by atoms with Crippen molar-refractivity contribution in [3.63, 3.8) is 0 Å². The van der Waals surface area contributed by atoms with Crippen molar-refractivity contribution in [3.05, 3.63) is 0 Å². The molecule has 0 aliphatic heterocycles. The molecule has 0 bridgehead atoms. The monoisotopic (exact) mass is 384 g/mol. The molecule has 0 saturated carbocycles. The summed E-state index contributed by atoms with van der Waals surface area (Å²) >= 11 is 3.12. The summed E-state index contributed by atoms with van der Waals surface area (Å²) in [6.07, 6.45) is 0. The van der Waals surface area contributed by atoms with Gasteiger partial charge in [-0.3, -0.25) is 0 Å². The second-order valence-corrected chi connectivity index (χ2v) is 20.0. The van der Waals surface area contributed by atoms with E-state index >= 15 is 0 Å². The molecule has 0 aromatic heterocycles. The molecule has 0 aromatic rings. The average Bonchev–Trinajstić information content (AvgIpc) is 2.13. The van der Waals surface area contributed by atoms with Crippen LogP contribution < -0.4 is 0 Å². The Morgan fingerprint density at radius 2 is 1.10 bits per heavy atom. The zero-order valence-corrected chi connectivity index (χ0v) is 19.1. The van der Waals surface area contributed by atoms with Crippen molar-refractivity contribution >= 4 is 32.6 Å². The fourth-order valence-electron chi connectivity index (χ4n) is 0.944. The molecular formula is C15H37BrO2Si2. The molecule has 0 aromatic carbocycles. The van der Waals surface area contributed by atoms with Gasteiger partial charge in [-0.2, -0.15) is 0 Å². The summed E-state index contributed by atoms with van der Waals surface area (Å²) in [5, 5.41) is 8.74. The summed E-state index contributed by atoms with van der Waals surface area (Å²) in [7, 11) is -3.18. The molecule has 0 heterocycles. The number of halogens is 1. The highest BCUT2D eigenvalue weighted by Crippen LogP contribution is 2.44. The van der Waals surface area contributed by atoms with Crippen LogP contribution in [0, 0.1) is 0 Å². The first-order valence-electron chi connectivity index (χ1n) is 7.43. The number of alkyl halides is 1. The minimum atomic E-state index is -1.59. The van der Waals surface area contributed by atoms with E-state index < -0.39 is 16.6 Å². The molecule has 2 nitrogen and oxygen atoms in total. The molecule has 0 aliphatic rings. The second kappa shape index (κ2) is 7.90. The molecule has 5 heteroatoms. The van der Waals surface area contributed by atoms with Crippen LogP contribution in [0.2, 0.25) is 36.3 Å². The SMILES string of the molecule is CC(Br)CO.CC(C)(C)[Si](C)(C)O[Si](C)(C)C(C)(C)C. The predicted octanol–water partition coefficient (Wildman–Crippen LogP) is 5.78. The topological polar surface area (TPSA) is 29.5 Å². The molecule has 20 heavy (non-hydrogen) atoms. The maximum absolute atomic E-state index is 8.10. The first-order chi connectivity index (χ1) is 8.48. The minimum absolute atomic E-state index is 0.222. The summed E-state index contributed by atoms with van der Waals surface area (Å²) in [5.41, 5.74) is 0. The molecule has 1 atom stereocenters. The number of aliphatic hydroxyl groups excluding tert-OH is 1. The van der Waals surface area contributed by atoms with E-state index in [0.717, 1.165) is 0 Å². The van der Waals surface area contributed by atoms with E-state index in [1.165, 1.54) is 0 Å². The molecule has 0 amide bonds. The predicted molar refractivity (Wildman–Crippen MR) is 101 cm³/mol. The van der Waals surface area contributed by atoms with Gasteiger partial charge in [0, 0.05) is 4.83 Å². The quantitative estimate of drug-likeness (QED) is 0.493. The Balaban J connectivity index is 0.